The molecule has 0 aliphatic heterocycles. The number of unbranched alkanes of at least 4 members (excludes halogenated alkanes) is 5. The van der Waals surface area contributed by atoms with E-state index in [9.17, 15) is 15.0 Å². The van der Waals surface area contributed by atoms with E-state index in [2.05, 4.69) is 6.92 Å². The van der Waals surface area contributed by atoms with Crippen LogP contribution in [0.1, 0.15) is 95.8 Å². The van der Waals surface area contributed by atoms with Crippen LogP contribution in [0.5, 0.6) is 28.7 Å². The topological polar surface area (TPSA) is 94.5 Å². The third-order valence-corrected chi connectivity index (χ3v) is 4.73. The molecule has 1 rings (SSSR count). The van der Waals surface area contributed by atoms with Gasteiger partial charge in [-0.25, -0.2) is 4.79 Å². The standard InChI is InChI=1S/C24H40O7/c1-5-9-13-17-31-24(27)18-19(25)20(26)22(29-15-11-7-3)23(30-16-12-8-4)21(18)28-14-10-6-2/h25-26H,5-17H2,1-4H3. The first-order valence-corrected chi connectivity index (χ1v) is 11.7. The van der Waals surface area contributed by atoms with Crippen LogP contribution in [0.3, 0.4) is 0 Å². The molecule has 7 nitrogen and oxygen atoms in total. The third-order valence-electron chi connectivity index (χ3n) is 4.73. The van der Waals surface area contributed by atoms with Crippen LogP contribution in [0.15, 0.2) is 0 Å². The molecule has 1 aromatic carbocycles. The summed E-state index contributed by atoms with van der Waals surface area (Å²) in [6.45, 7) is 9.39. The molecule has 7 heteroatoms. The molecule has 0 amide bonds. The number of rotatable bonds is 17. The van der Waals surface area contributed by atoms with Gasteiger partial charge >= 0.3 is 5.97 Å². The summed E-state index contributed by atoms with van der Waals surface area (Å²) in [5, 5.41) is 21.3. The Balaban J connectivity index is 3.40. The fourth-order valence-corrected chi connectivity index (χ4v) is 2.79. The zero-order valence-corrected chi connectivity index (χ0v) is 19.6. The monoisotopic (exact) mass is 440 g/mol. The highest BCUT2D eigenvalue weighted by Crippen LogP contribution is 2.53. The number of hydrogen-bond donors (Lipinski definition) is 2. The second kappa shape index (κ2) is 15.5. The molecule has 0 saturated carbocycles. The van der Waals surface area contributed by atoms with Gasteiger partial charge in [0.2, 0.25) is 17.2 Å². The summed E-state index contributed by atoms with van der Waals surface area (Å²) in [6, 6.07) is 0. The maximum absolute atomic E-state index is 12.8. The minimum Gasteiger partial charge on any atom is -0.503 e. The molecule has 0 aromatic heterocycles. The molecule has 0 spiro atoms. The molecule has 1 aromatic rings. The first-order valence-electron chi connectivity index (χ1n) is 11.7. The van der Waals surface area contributed by atoms with E-state index in [0.29, 0.717) is 19.8 Å². The van der Waals surface area contributed by atoms with Crippen molar-refractivity contribution in [1.29, 1.82) is 0 Å². The summed E-state index contributed by atoms with van der Waals surface area (Å²) in [6.07, 6.45) is 7.66. The van der Waals surface area contributed by atoms with E-state index >= 15 is 0 Å². The van der Waals surface area contributed by atoms with E-state index in [-0.39, 0.29) is 29.4 Å². The van der Waals surface area contributed by atoms with Crippen LogP contribution in [0, 0.1) is 0 Å². The van der Waals surface area contributed by atoms with Crippen molar-refractivity contribution in [2.75, 3.05) is 26.4 Å². The second-order valence-electron chi connectivity index (χ2n) is 7.51. The first-order chi connectivity index (χ1) is 15.0. The number of benzene rings is 1. The molecule has 178 valence electrons. The maximum Gasteiger partial charge on any atom is 0.346 e. The zero-order valence-electron chi connectivity index (χ0n) is 19.6. The van der Waals surface area contributed by atoms with Crippen LogP contribution in [0.2, 0.25) is 0 Å². The van der Waals surface area contributed by atoms with Gasteiger partial charge < -0.3 is 29.2 Å². The number of hydrogen-bond acceptors (Lipinski definition) is 7. The van der Waals surface area contributed by atoms with E-state index in [1.54, 1.807) is 0 Å². The minimum absolute atomic E-state index is 0.00363. The molecule has 0 unspecified atom stereocenters. The summed E-state index contributed by atoms with van der Waals surface area (Å²) in [4.78, 5) is 12.8. The van der Waals surface area contributed by atoms with Gasteiger partial charge in [-0.1, -0.05) is 59.8 Å². The highest BCUT2D eigenvalue weighted by atomic mass is 16.6. The number of carbonyl (C=O) groups excluding carboxylic acids is 1. The Labute approximate surface area is 186 Å². The van der Waals surface area contributed by atoms with Gasteiger partial charge in [-0.15, -0.1) is 0 Å². The number of phenolic OH excluding ortho intramolecular Hbond substituents is 2. The van der Waals surface area contributed by atoms with Crippen LogP contribution >= 0.6 is 0 Å². The molecule has 0 atom stereocenters. The largest absolute Gasteiger partial charge is 0.503 e. The van der Waals surface area contributed by atoms with Gasteiger partial charge in [0.05, 0.1) is 26.4 Å². The Hall–Kier alpha value is -2.31. The Bertz CT molecular complexity index is 658. The smallest absolute Gasteiger partial charge is 0.346 e. The molecule has 0 aliphatic carbocycles. The van der Waals surface area contributed by atoms with Crippen molar-refractivity contribution in [3.05, 3.63) is 5.56 Å². The summed E-state index contributed by atoms with van der Waals surface area (Å²) < 4.78 is 22.9. The molecule has 0 fully saturated rings. The predicted molar refractivity (Wildman–Crippen MR) is 121 cm³/mol. The van der Waals surface area contributed by atoms with Gasteiger partial charge in [-0.05, 0) is 25.7 Å². The van der Waals surface area contributed by atoms with Crippen molar-refractivity contribution >= 4 is 5.97 Å². The molecule has 0 aliphatic rings. The first kappa shape index (κ1) is 26.7. The lowest BCUT2D eigenvalue weighted by Gasteiger charge is -2.21. The average molecular weight is 441 g/mol. The Morgan fingerprint density at radius 3 is 1.61 bits per heavy atom. The third kappa shape index (κ3) is 8.38. The van der Waals surface area contributed by atoms with Gasteiger partial charge in [0.1, 0.15) is 0 Å². The zero-order chi connectivity index (χ0) is 23.1. The van der Waals surface area contributed by atoms with Crippen LogP contribution in [-0.2, 0) is 4.74 Å². The van der Waals surface area contributed by atoms with E-state index in [0.717, 1.165) is 57.8 Å². The normalized spacial score (nSPS) is 10.7. The highest BCUT2D eigenvalue weighted by molar-refractivity contribution is 5.99. The predicted octanol–water partition coefficient (Wildman–Crippen LogP) is 5.98. The summed E-state index contributed by atoms with van der Waals surface area (Å²) in [5.41, 5.74) is -0.223. The van der Waals surface area contributed by atoms with E-state index in [1.807, 2.05) is 20.8 Å². The number of ether oxygens (including phenoxy) is 4. The van der Waals surface area contributed by atoms with Crippen molar-refractivity contribution in [2.24, 2.45) is 0 Å². The number of phenols is 2. The number of carbonyl (C=O) groups is 1. The Morgan fingerprint density at radius 1 is 0.613 bits per heavy atom. The summed E-state index contributed by atoms with van der Waals surface area (Å²) in [7, 11) is 0. The number of esters is 1. The number of aromatic hydroxyl groups is 2. The van der Waals surface area contributed by atoms with Crippen molar-refractivity contribution in [1.82, 2.24) is 0 Å². The lowest BCUT2D eigenvalue weighted by atomic mass is 10.1. The average Bonchev–Trinajstić information content (AvgIpc) is 2.76. The fraction of sp³-hybridized carbons (Fsp3) is 0.708. The Kier molecular flexibility index (Phi) is 13.3. The molecule has 0 saturated heterocycles. The molecule has 0 radical (unpaired) electrons. The van der Waals surface area contributed by atoms with Gasteiger partial charge in [0.15, 0.2) is 17.1 Å². The minimum atomic E-state index is -0.754. The van der Waals surface area contributed by atoms with E-state index in [4.69, 9.17) is 18.9 Å². The van der Waals surface area contributed by atoms with Gasteiger partial charge in [-0.3, -0.25) is 0 Å². The molecule has 31 heavy (non-hydrogen) atoms. The second-order valence-corrected chi connectivity index (χ2v) is 7.51. The molecule has 2 N–H and O–H groups in total. The van der Waals surface area contributed by atoms with Gasteiger partial charge in [0, 0.05) is 0 Å². The van der Waals surface area contributed by atoms with Crippen molar-refractivity contribution in [3.63, 3.8) is 0 Å². The summed E-state index contributed by atoms with van der Waals surface area (Å²) >= 11 is 0. The molecule has 0 heterocycles. The SMILES string of the molecule is CCCCCOC(=O)c1c(O)c(O)c(OCCCC)c(OCCCC)c1OCCCC. The summed E-state index contributed by atoms with van der Waals surface area (Å²) in [5.74, 6) is -1.71. The van der Waals surface area contributed by atoms with Gasteiger partial charge in [-0.2, -0.15) is 0 Å². The Morgan fingerprint density at radius 2 is 1.10 bits per heavy atom. The van der Waals surface area contributed by atoms with Crippen molar-refractivity contribution in [2.45, 2.75) is 85.5 Å². The molecular formula is C24H40O7. The van der Waals surface area contributed by atoms with Crippen molar-refractivity contribution in [3.8, 4) is 28.7 Å². The quantitative estimate of drug-likeness (QED) is 0.175. The van der Waals surface area contributed by atoms with E-state index in [1.165, 1.54) is 0 Å². The van der Waals surface area contributed by atoms with Crippen LogP contribution in [0.4, 0.5) is 0 Å². The maximum atomic E-state index is 12.8. The van der Waals surface area contributed by atoms with Crippen LogP contribution < -0.4 is 14.2 Å². The van der Waals surface area contributed by atoms with Crippen LogP contribution in [0.25, 0.3) is 0 Å². The lowest BCUT2D eigenvalue weighted by molar-refractivity contribution is 0.0487. The highest BCUT2D eigenvalue weighted by Gasteiger charge is 2.32. The van der Waals surface area contributed by atoms with Crippen molar-refractivity contribution < 1.29 is 34.0 Å². The lowest BCUT2D eigenvalue weighted by Crippen LogP contribution is -2.13. The van der Waals surface area contributed by atoms with Crippen LogP contribution in [-0.4, -0.2) is 42.6 Å². The molecular weight excluding hydrogens is 400 g/mol. The van der Waals surface area contributed by atoms with E-state index < -0.39 is 17.5 Å². The fourth-order valence-electron chi connectivity index (χ4n) is 2.79. The molecule has 0 bridgehead atoms. The van der Waals surface area contributed by atoms with Gasteiger partial charge in [0.25, 0.3) is 0 Å².